The first-order valence-corrected chi connectivity index (χ1v) is 26.4. The summed E-state index contributed by atoms with van der Waals surface area (Å²) in [5, 5.41) is 20.9. The van der Waals surface area contributed by atoms with Crippen molar-refractivity contribution in [3.05, 3.63) is 93.9 Å². The van der Waals surface area contributed by atoms with E-state index in [2.05, 4.69) is 30.9 Å². The first-order chi connectivity index (χ1) is 35.0. The van der Waals surface area contributed by atoms with Gasteiger partial charge in [0.1, 0.15) is 29.5 Å². The molecule has 5 atom stereocenters. The molecular formula is C55H68F3N9O6S. The molecule has 1 aliphatic carbocycles. The number of aliphatic hydroxyl groups is 1. The fraction of sp³-hybridized carbons (Fsp3) is 0.509. The van der Waals surface area contributed by atoms with Crippen molar-refractivity contribution in [2.45, 2.75) is 136 Å². The third-order valence-corrected chi connectivity index (χ3v) is 16.0. The van der Waals surface area contributed by atoms with Crippen LogP contribution in [-0.4, -0.2) is 98.4 Å². The van der Waals surface area contributed by atoms with E-state index in [9.17, 15) is 37.5 Å². The van der Waals surface area contributed by atoms with Crippen LogP contribution in [0, 0.1) is 31.1 Å². The Morgan fingerprint density at radius 3 is 2.15 bits per heavy atom. The summed E-state index contributed by atoms with van der Waals surface area (Å²) < 4.78 is 46.9. The topological polar surface area (TPSA) is 205 Å². The van der Waals surface area contributed by atoms with Crippen LogP contribution in [0.1, 0.15) is 131 Å². The molecule has 6 N–H and O–H groups in total. The van der Waals surface area contributed by atoms with E-state index >= 15 is 0 Å². The molecule has 8 rings (SSSR count). The average Bonchev–Trinajstić information content (AvgIpc) is 3.99. The molecule has 0 bridgehead atoms. The largest absolute Gasteiger partial charge is 0.496 e. The number of nitrogen functional groups attached to an aromatic ring is 1. The molecule has 2 aliphatic heterocycles. The number of carbonyl (C=O) groups is 4. The number of ether oxygens (including phenoxy) is 1. The van der Waals surface area contributed by atoms with Crippen LogP contribution in [0.25, 0.3) is 21.3 Å². The Labute approximate surface area is 434 Å². The van der Waals surface area contributed by atoms with E-state index in [1.807, 2.05) is 81.4 Å². The number of rotatable bonds is 13. The Balaban J connectivity index is 0.859. The molecule has 3 fully saturated rings. The number of aryl methyl sites for hydroxylation is 2. The molecule has 0 spiro atoms. The summed E-state index contributed by atoms with van der Waals surface area (Å²) in [5.41, 5.74) is 10.9. The number of aromatic nitrogens is 3. The first kappa shape index (κ1) is 53.9. The first-order valence-electron chi connectivity index (χ1n) is 25.5. The lowest BCUT2D eigenvalue weighted by molar-refractivity contribution is -0.145. The molecule has 74 heavy (non-hydrogen) atoms. The fourth-order valence-corrected chi connectivity index (χ4v) is 11.6. The molecule has 4 heterocycles. The lowest BCUT2D eigenvalue weighted by atomic mass is 9.79. The quantitative estimate of drug-likeness (QED) is 0.0704. The minimum atomic E-state index is -4.56. The highest BCUT2D eigenvalue weighted by Crippen LogP contribution is 2.41. The van der Waals surface area contributed by atoms with Crippen molar-refractivity contribution in [3.8, 4) is 16.2 Å². The van der Waals surface area contributed by atoms with Crippen LogP contribution < -0.4 is 26.4 Å². The van der Waals surface area contributed by atoms with Gasteiger partial charge >= 0.3 is 6.18 Å². The normalized spacial score (nSPS) is 21.0. The van der Waals surface area contributed by atoms with Gasteiger partial charge in [-0.05, 0) is 124 Å². The number of hydrogen-bond acceptors (Lipinski definition) is 12. The van der Waals surface area contributed by atoms with Crippen molar-refractivity contribution >= 4 is 57.4 Å². The number of β-amino-alcohol motifs (C(OH)–C–C–N with tert-alkyl or cyclic N) is 1. The minimum absolute atomic E-state index is 0.00551. The zero-order chi connectivity index (χ0) is 53.4. The van der Waals surface area contributed by atoms with E-state index in [0.29, 0.717) is 85.5 Å². The second-order valence-electron chi connectivity index (χ2n) is 21.5. The summed E-state index contributed by atoms with van der Waals surface area (Å²) >= 11 is 1.57. The zero-order valence-electron chi connectivity index (χ0n) is 43.3. The van der Waals surface area contributed by atoms with Crippen molar-refractivity contribution < 1.29 is 42.2 Å². The Bertz CT molecular complexity index is 2870. The second-order valence-corrected chi connectivity index (χ2v) is 22.3. The molecule has 1 saturated carbocycles. The van der Waals surface area contributed by atoms with E-state index in [0.717, 1.165) is 39.4 Å². The van der Waals surface area contributed by atoms with Crippen LogP contribution in [0.15, 0.2) is 60.1 Å². The van der Waals surface area contributed by atoms with Gasteiger partial charge in [0.15, 0.2) is 0 Å². The summed E-state index contributed by atoms with van der Waals surface area (Å²) in [6, 6.07) is 12.4. The van der Waals surface area contributed by atoms with Crippen molar-refractivity contribution in [1.82, 2.24) is 35.4 Å². The molecular weight excluding hydrogens is 972 g/mol. The number of benzene rings is 3. The predicted octanol–water partition coefficient (Wildman–Crippen LogP) is 9.04. The maximum absolute atomic E-state index is 14.4. The van der Waals surface area contributed by atoms with Gasteiger partial charge in [0, 0.05) is 55.0 Å². The van der Waals surface area contributed by atoms with Crippen LogP contribution in [0.2, 0.25) is 0 Å². The monoisotopic (exact) mass is 1040 g/mol. The number of methoxy groups -OCH3 is 1. The van der Waals surface area contributed by atoms with Crippen LogP contribution in [0.4, 0.5) is 24.7 Å². The van der Waals surface area contributed by atoms with Crippen molar-refractivity contribution in [2.75, 3.05) is 37.8 Å². The van der Waals surface area contributed by atoms with Crippen LogP contribution in [0.3, 0.4) is 0 Å². The summed E-state index contributed by atoms with van der Waals surface area (Å²) in [7, 11) is 1.60. The Morgan fingerprint density at radius 2 is 1.53 bits per heavy atom. The third kappa shape index (κ3) is 11.9. The number of amides is 4. The predicted molar refractivity (Wildman–Crippen MR) is 279 cm³/mol. The molecule has 2 saturated heterocycles. The van der Waals surface area contributed by atoms with Crippen molar-refractivity contribution in [2.24, 2.45) is 17.3 Å². The highest BCUT2D eigenvalue weighted by Gasteiger charge is 2.46. The van der Waals surface area contributed by atoms with E-state index in [4.69, 9.17) is 10.5 Å². The summed E-state index contributed by atoms with van der Waals surface area (Å²) in [4.78, 5) is 74.3. The lowest BCUT2D eigenvalue weighted by Crippen LogP contribution is -2.58. The number of carbonyl (C=O) groups excluding carboxylic acids is 4. The molecule has 2 aromatic heterocycles. The smallest absolute Gasteiger partial charge is 0.416 e. The molecule has 19 heteroatoms. The highest BCUT2D eigenvalue weighted by atomic mass is 32.1. The van der Waals surface area contributed by atoms with Gasteiger partial charge < -0.3 is 41.3 Å². The van der Waals surface area contributed by atoms with Crippen LogP contribution >= 0.6 is 11.3 Å². The highest BCUT2D eigenvalue weighted by molar-refractivity contribution is 7.13. The van der Waals surface area contributed by atoms with E-state index in [1.165, 1.54) is 11.0 Å². The summed E-state index contributed by atoms with van der Waals surface area (Å²) in [5.74, 6) is -0.0593. The van der Waals surface area contributed by atoms with E-state index in [-0.39, 0.29) is 54.3 Å². The van der Waals surface area contributed by atoms with Gasteiger partial charge in [0.05, 0.1) is 52.5 Å². The van der Waals surface area contributed by atoms with E-state index in [1.54, 1.807) is 32.3 Å². The number of nitrogens with two attached hydrogens (primary N) is 1. The summed E-state index contributed by atoms with van der Waals surface area (Å²) in [6.45, 7) is 13.9. The molecule has 4 amide bonds. The number of halogens is 3. The van der Waals surface area contributed by atoms with Crippen molar-refractivity contribution in [3.63, 3.8) is 0 Å². The maximum atomic E-state index is 14.4. The van der Waals surface area contributed by atoms with E-state index < -0.39 is 53.2 Å². The molecule has 5 aromatic rings. The number of alkyl halides is 3. The molecule has 3 aliphatic rings. The Morgan fingerprint density at radius 1 is 0.851 bits per heavy atom. The van der Waals surface area contributed by atoms with Crippen molar-refractivity contribution in [1.29, 1.82) is 0 Å². The van der Waals surface area contributed by atoms with Gasteiger partial charge in [-0.15, -0.1) is 11.3 Å². The molecule has 396 valence electrons. The average molecular weight is 1040 g/mol. The Hall–Kier alpha value is -6.34. The Kier molecular flexibility index (Phi) is 15.9. The lowest BCUT2D eigenvalue weighted by Gasteiger charge is -2.38. The second kappa shape index (κ2) is 21.9. The standard InChI is InChI=1S/C55H68F3N9O6S/c1-29(33-9-11-35(12-10-33)47-31(3)60-28-74-47)62-51(70)45-24-41(68)27-67(45)53(72)48(54(5,6)7)65-50(69)36-13-15-37(16-14-36)52(71)66-19-17-34(18-20-66)42-25-43-44(26-46(42)73-8)63-32(4)64-49(43)61-30(2)38-21-39(55(56,57)58)23-40(59)22-38/h9-12,21-23,25-26,28-30,34,36-37,41,45,48,68H,13-20,24,27,59H2,1-8H3,(H,62,70)(H,65,69)(H,61,63,64)/t29-,30+,36?,37?,41+,45-,48+/m0/s1. The van der Waals surface area contributed by atoms with Gasteiger partial charge in [-0.3, -0.25) is 19.2 Å². The van der Waals surface area contributed by atoms with Crippen LogP contribution in [-0.2, 0) is 25.4 Å². The minimum Gasteiger partial charge on any atom is -0.496 e. The van der Waals surface area contributed by atoms with Gasteiger partial charge in [-0.1, -0.05) is 45.0 Å². The number of thiazole rings is 1. The summed E-state index contributed by atoms with van der Waals surface area (Å²) in [6.07, 6.45) is -2.04. The third-order valence-electron chi connectivity index (χ3n) is 15.1. The van der Waals surface area contributed by atoms with Gasteiger partial charge in [0.2, 0.25) is 23.6 Å². The van der Waals surface area contributed by atoms with Crippen LogP contribution in [0.5, 0.6) is 5.75 Å². The SMILES string of the molecule is COc1cc2nc(C)nc(N[C@H](C)c3cc(N)cc(C(F)(F)F)c3)c2cc1C1CCN(C(=O)C2CCC(C(=O)N[C@H](C(=O)N3C[C@H](O)C[C@H]3C(=O)N[C@@H](C)c3ccc(-c4scnc4C)cc3)C(C)(C)C)CC2)CC1. The molecule has 15 nitrogen and oxygen atoms in total. The number of anilines is 2. The number of fused-ring (bicyclic) bond motifs is 1. The fourth-order valence-electron chi connectivity index (χ4n) is 10.8. The molecule has 3 aromatic carbocycles. The molecule has 0 unspecified atom stereocenters. The number of hydrogen-bond donors (Lipinski definition) is 5. The number of aliphatic hydroxyl groups excluding tert-OH is 1. The van der Waals surface area contributed by atoms with Gasteiger partial charge in [0.25, 0.3) is 0 Å². The van der Waals surface area contributed by atoms with Gasteiger partial charge in [-0.25, -0.2) is 15.0 Å². The number of nitrogens with one attached hydrogen (secondary N) is 3. The maximum Gasteiger partial charge on any atom is 0.416 e. The number of likely N-dealkylation sites (tertiary alicyclic amines) is 2. The number of nitrogens with zero attached hydrogens (tertiary/aromatic N) is 5. The molecule has 0 radical (unpaired) electrons. The zero-order valence-corrected chi connectivity index (χ0v) is 44.1. The van der Waals surface area contributed by atoms with Gasteiger partial charge in [-0.2, -0.15) is 13.2 Å². The number of piperidine rings is 1.